The van der Waals surface area contributed by atoms with Crippen LogP contribution in [-0.4, -0.2) is 31.3 Å². The van der Waals surface area contributed by atoms with Gasteiger partial charge in [-0.1, -0.05) is 44.2 Å². The summed E-state index contributed by atoms with van der Waals surface area (Å²) in [5.74, 6) is -0.619. The van der Waals surface area contributed by atoms with Crippen molar-refractivity contribution >= 4 is 24.5 Å². The van der Waals surface area contributed by atoms with Crippen molar-refractivity contribution in [3.05, 3.63) is 35.9 Å². The minimum Gasteiger partial charge on any atom is -0.463 e. The van der Waals surface area contributed by atoms with Gasteiger partial charge in [-0.2, -0.15) is 0 Å². The van der Waals surface area contributed by atoms with Crippen LogP contribution in [0.15, 0.2) is 30.3 Å². The van der Waals surface area contributed by atoms with Gasteiger partial charge >= 0.3 is 12.1 Å². The zero-order valence-corrected chi connectivity index (χ0v) is 13.6. The van der Waals surface area contributed by atoms with Crippen molar-refractivity contribution in [2.24, 2.45) is 11.7 Å². The second kappa shape index (κ2) is 10.9. The van der Waals surface area contributed by atoms with Crippen molar-refractivity contribution in [2.45, 2.75) is 26.5 Å². The Balaban J connectivity index is 0.00000441. The van der Waals surface area contributed by atoms with E-state index in [4.69, 9.17) is 15.2 Å². The lowest BCUT2D eigenvalue weighted by molar-refractivity contribution is -0.146. The van der Waals surface area contributed by atoms with E-state index < -0.39 is 18.1 Å². The van der Waals surface area contributed by atoms with E-state index in [9.17, 15) is 9.59 Å². The first kappa shape index (κ1) is 20.2. The van der Waals surface area contributed by atoms with Crippen LogP contribution in [0.3, 0.4) is 0 Å². The average Bonchev–Trinajstić information content (AvgIpc) is 2.49. The van der Waals surface area contributed by atoms with Gasteiger partial charge in [-0.15, -0.1) is 12.4 Å². The number of halogens is 1. The fraction of sp³-hybridized carbons (Fsp3) is 0.467. The van der Waals surface area contributed by atoms with Gasteiger partial charge in [0, 0.05) is 6.54 Å². The molecule has 0 spiro atoms. The Hall–Kier alpha value is -1.79. The number of nitrogens with one attached hydrogen (secondary N) is 1. The molecule has 0 aliphatic carbocycles. The summed E-state index contributed by atoms with van der Waals surface area (Å²) < 4.78 is 10.0. The fourth-order valence-corrected chi connectivity index (χ4v) is 1.64. The Labute approximate surface area is 136 Å². The quantitative estimate of drug-likeness (QED) is 0.745. The molecular weight excluding hydrogens is 308 g/mol. The predicted molar refractivity (Wildman–Crippen MR) is 85.7 cm³/mol. The smallest absolute Gasteiger partial charge is 0.408 e. The van der Waals surface area contributed by atoms with E-state index in [0.717, 1.165) is 5.56 Å². The van der Waals surface area contributed by atoms with Crippen LogP contribution in [0.4, 0.5) is 4.79 Å². The first-order chi connectivity index (χ1) is 10.0. The number of amides is 1. The molecule has 124 valence electrons. The molecule has 6 nitrogen and oxygen atoms in total. The van der Waals surface area contributed by atoms with E-state index in [1.54, 1.807) is 0 Å². The number of hydrogen-bond donors (Lipinski definition) is 2. The topological polar surface area (TPSA) is 90.6 Å². The van der Waals surface area contributed by atoms with Crippen LogP contribution in [0.25, 0.3) is 0 Å². The molecule has 0 aliphatic heterocycles. The first-order valence-electron chi connectivity index (χ1n) is 6.88. The van der Waals surface area contributed by atoms with Crippen molar-refractivity contribution in [1.82, 2.24) is 5.32 Å². The number of benzene rings is 1. The van der Waals surface area contributed by atoms with Crippen LogP contribution in [0.2, 0.25) is 0 Å². The number of alkyl carbamates (subject to hydrolysis) is 1. The Morgan fingerprint density at radius 2 is 1.82 bits per heavy atom. The van der Waals surface area contributed by atoms with E-state index in [0.29, 0.717) is 0 Å². The van der Waals surface area contributed by atoms with Crippen molar-refractivity contribution in [3.63, 3.8) is 0 Å². The summed E-state index contributed by atoms with van der Waals surface area (Å²) >= 11 is 0. The molecule has 1 aromatic rings. The third-order valence-electron chi connectivity index (χ3n) is 2.77. The van der Waals surface area contributed by atoms with Crippen LogP contribution in [0.1, 0.15) is 19.4 Å². The maximum Gasteiger partial charge on any atom is 0.408 e. The average molecular weight is 331 g/mol. The largest absolute Gasteiger partial charge is 0.463 e. The van der Waals surface area contributed by atoms with E-state index in [1.165, 1.54) is 0 Å². The maximum absolute atomic E-state index is 11.8. The molecule has 0 fully saturated rings. The van der Waals surface area contributed by atoms with Gasteiger partial charge in [0.25, 0.3) is 0 Å². The van der Waals surface area contributed by atoms with Crippen molar-refractivity contribution in [3.8, 4) is 0 Å². The minimum absolute atomic E-state index is 0. The second-order valence-electron chi connectivity index (χ2n) is 4.88. The molecule has 0 bridgehead atoms. The summed E-state index contributed by atoms with van der Waals surface area (Å²) in [5, 5.41) is 2.52. The van der Waals surface area contributed by atoms with E-state index in [1.807, 2.05) is 44.2 Å². The molecular formula is C15H23ClN2O4. The molecule has 0 radical (unpaired) electrons. The van der Waals surface area contributed by atoms with Gasteiger partial charge in [0.15, 0.2) is 0 Å². The van der Waals surface area contributed by atoms with Crippen LogP contribution >= 0.6 is 12.4 Å². The summed E-state index contributed by atoms with van der Waals surface area (Å²) in [7, 11) is 0. The number of nitrogens with two attached hydrogens (primary N) is 1. The van der Waals surface area contributed by atoms with Gasteiger partial charge in [-0.3, -0.25) is 0 Å². The lowest BCUT2D eigenvalue weighted by Crippen LogP contribution is -2.45. The third-order valence-corrected chi connectivity index (χ3v) is 2.77. The summed E-state index contributed by atoms with van der Waals surface area (Å²) in [6.45, 7) is 4.14. The van der Waals surface area contributed by atoms with Crippen LogP contribution in [-0.2, 0) is 20.9 Å². The fourth-order valence-electron chi connectivity index (χ4n) is 1.64. The van der Waals surface area contributed by atoms with E-state index in [2.05, 4.69) is 5.32 Å². The third kappa shape index (κ3) is 7.28. The van der Waals surface area contributed by atoms with Crippen molar-refractivity contribution in [2.75, 3.05) is 13.2 Å². The standard InChI is InChI=1S/C15H22N2O4.ClH/c1-11(2)13(14(18)20-9-8-16)17-15(19)21-10-12-6-4-3-5-7-12;/h3-7,11,13H,8-10,16H2,1-2H3,(H,17,19);1H. The van der Waals surface area contributed by atoms with Gasteiger partial charge in [0.1, 0.15) is 19.3 Å². The van der Waals surface area contributed by atoms with Gasteiger partial charge in [-0.05, 0) is 11.5 Å². The van der Waals surface area contributed by atoms with E-state index >= 15 is 0 Å². The van der Waals surface area contributed by atoms with Gasteiger partial charge in [0.2, 0.25) is 0 Å². The first-order valence-corrected chi connectivity index (χ1v) is 6.88. The molecule has 1 unspecified atom stereocenters. The van der Waals surface area contributed by atoms with Gasteiger partial charge < -0.3 is 20.5 Å². The minimum atomic E-state index is -0.750. The normalized spacial score (nSPS) is 11.3. The number of esters is 1. The van der Waals surface area contributed by atoms with Gasteiger partial charge in [0.05, 0.1) is 0 Å². The highest BCUT2D eigenvalue weighted by Crippen LogP contribution is 2.06. The number of hydrogen-bond acceptors (Lipinski definition) is 5. The number of ether oxygens (including phenoxy) is 2. The zero-order valence-electron chi connectivity index (χ0n) is 12.8. The number of carbonyl (C=O) groups excluding carboxylic acids is 2. The molecule has 0 aliphatic rings. The molecule has 22 heavy (non-hydrogen) atoms. The molecule has 1 atom stereocenters. The van der Waals surface area contributed by atoms with Crippen LogP contribution in [0, 0.1) is 5.92 Å². The predicted octanol–water partition coefficient (Wildman–Crippen LogP) is 1.86. The Kier molecular flexibility index (Phi) is 9.98. The lowest BCUT2D eigenvalue weighted by Gasteiger charge is -2.20. The van der Waals surface area contributed by atoms with Crippen LogP contribution in [0.5, 0.6) is 0 Å². The Bertz CT molecular complexity index is 454. The molecule has 7 heteroatoms. The van der Waals surface area contributed by atoms with E-state index in [-0.39, 0.29) is 38.1 Å². The summed E-state index contributed by atoms with van der Waals surface area (Å²) in [4.78, 5) is 23.5. The highest BCUT2D eigenvalue weighted by Gasteiger charge is 2.26. The molecule has 1 rings (SSSR count). The highest BCUT2D eigenvalue weighted by atomic mass is 35.5. The number of carbonyl (C=O) groups is 2. The molecule has 0 heterocycles. The molecule has 3 N–H and O–H groups in total. The Morgan fingerprint density at radius 3 is 2.36 bits per heavy atom. The van der Waals surface area contributed by atoms with Crippen molar-refractivity contribution < 1.29 is 19.1 Å². The highest BCUT2D eigenvalue weighted by molar-refractivity contribution is 5.85. The summed E-state index contributed by atoms with van der Waals surface area (Å²) in [6, 6.07) is 8.55. The van der Waals surface area contributed by atoms with Crippen LogP contribution < -0.4 is 11.1 Å². The number of rotatable bonds is 7. The zero-order chi connectivity index (χ0) is 15.7. The molecule has 1 aromatic carbocycles. The summed E-state index contributed by atoms with van der Waals surface area (Å²) in [5.41, 5.74) is 6.15. The summed E-state index contributed by atoms with van der Waals surface area (Å²) in [6.07, 6.45) is -0.651. The SMILES string of the molecule is CC(C)C(NC(=O)OCc1ccccc1)C(=O)OCCN.Cl. The molecule has 0 saturated carbocycles. The molecule has 0 aromatic heterocycles. The Morgan fingerprint density at radius 1 is 1.18 bits per heavy atom. The molecule has 1 amide bonds. The lowest BCUT2D eigenvalue weighted by atomic mass is 10.1. The van der Waals surface area contributed by atoms with Gasteiger partial charge in [-0.25, -0.2) is 9.59 Å². The van der Waals surface area contributed by atoms with Crippen molar-refractivity contribution in [1.29, 1.82) is 0 Å². The molecule has 0 saturated heterocycles. The second-order valence-corrected chi connectivity index (χ2v) is 4.88. The monoisotopic (exact) mass is 330 g/mol. The maximum atomic E-state index is 11.8.